The van der Waals surface area contributed by atoms with E-state index in [1.165, 1.54) is 43.3 Å². The molecule has 202 valence electrons. The van der Waals surface area contributed by atoms with E-state index in [0.29, 0.717) is 10.5 Å². The molecule has 12 nitrogen and oxygen atoms in total. The molecule has 0 aliphatic carbocycles. The Balaban J connectivity index is 1.55. The molecule has 4 amide bonds. The van der Waals surface area contributed by atoms with Crippen LogP contribution >= 0.6 is 0 Å². The van der Waals surface area contributed by atoms with Gasteiger partial charge in [-0.2, -0.15) is 8.42 Å². The molecule has 14 heteroatoms. The summed E-state index contributed by atoms with van der Waals surface area (Å²) in [6.45, 7) is 2.81. The Morgan fingerprint density at radius 1 is 1.05 bits per heavy atom. The molecule has 0 aromatic heterocycles. The average Bonchev–Trinajstić information content (AvgIpc) is 3.08. The number of benzene rings is 2. The van der Waals surface area contributed by atoms with Crippen LogP contribution in [0.15, 0.2) is 46.2 Å². The highest BCUT2D eigenvalue weighted by molar-refractivity contribution is 7.91. The fraction of sp³-hybridized carbons (Fsp3) is 0.333. The van der Waals surface area contributed by atoms with Crippen LogP contribution in [0.1, 0.15) is 57.7 Å². The first-order valence-electron chi connectivity index (χ1n) is 11.5. The zero-order valence-corrected chi connectivity index (χ0v) is 22.0. The van der Waals surface area contributed by atoms with Crippen molar-refractivity contribution in [2.24, 2.45) is 0 Å². The zero-order valence-electron chi connectivity index (χ0n) is 20.3. The second kappa shape index (κ2) is 10.0. The van der Waals surface area contributed by atoms with E-state index in [1.807, 2.05) is 0 Å². The largest absolute Gasteiger partial charge is 0.373 e. The molecular formula is C24H24N2O10S2. The van der Waals surface area contributed by atoms with Crippen molar-refractivity contribution in [3.63, 3.8) is 0 Å². The van der Waals surface area contributed by atoms with Crippen LogP contribution in [0, 0.1) is 6.92 Å². The third-order valence-corrected chi connectivity index (χ3v) is 9.01. The van der Waals surface area contributed by atoms with E-state index in [9.17, 15) is 40.6 Å². The lowest BCUT2D eigenvalue weighted by Gasteiger charge is -2.27. The number of carbonyl (C=O) groups excluding carboxylic acids is 4. The molecule has 0 saturated carbocycles. The number of ether oxygens (including phenoxy) is 1. The average molecular weight is 565 g/mol. The zero-order chi connectivity index (χ0) is 28.0. The quantitative estimate of drug-likeness (QED) is 0.349. The number of nitrogens with zero attached hydrogens (tertiary/aromatic N) is 1. The minimum absolute atomic E-state index is 0.0749. The van der Waals surface area contributed by atoms with Crippen molar-refractivity contribution in [2.45, 2.75) is 48.6 Å². The van der Waals surface area contributed by atoms with Gasteiger partial charge in [0.1, 0.15) is 6.04 Å². The van der Waals surface area contributed by atoms with Gasteiger partial charge in [0.05, 0.1) is 39.4 Å². The summed E-state index contributed by atoms with van der Waals surface area (Å²) in [5.74, 6) is -3.75. The topological polar surface area (TPSA) is 181 Å². The molecule has 1 fully saturated rings. The highest BCUT2D eigenvalue weighted by atomic mass is 32.2. The van der Waals surface area contributed by atoms with E-state index in [0.717, 1.165) is 0 Å². The van der Waals surface area contributed by atoms with Crippen molar-refractivity contribution >= 4 is 43.6 Å². The molecule has 2 heterocycles. The number of amides is 4. The van der Waals surface area contributed by atoms with E-state index >= 15 is 0 Å². The first-order valence-corrected chi connectivity index (χ1v) is 14.6. The monoisotopic (exact) mass is 564 g/mol. The summed E-state index contributed by atoms with van der Waals surface area (Å²) in [4.78, 5) is 49.8. The standard InChI is InChI=1S/C24H24N2O10S2/c1-13-6-8-18(38(33,34)35)16(12-13)14(2)36-10-11-37(31,32)19-5-3-4-15-21(19)24(30)26(23(15)29)17-7-9-20(27)25-22(17)28/h3-6,8,12,14,17H,7,9-11H2,1-2H3,(H,25,27,28)(H,33,34,35). The number of nitrogens with one attached hydrogen (secondary N) is 1. The highest BCUT2D eigenvalue weighted by Gasteiger charge is 2.46. The molecule has 1 saturated heterocycles. The molecule has 38 heavy (non-hydrogen) atoms. The number of rotatable bonds is 8. The number of aryl methyl sites for hydroxylation is 1. The normalized spacial score (nSPS) is 18.9. The molecule has 0 spiro atoms. The van der Waals surface area contributed by atoms with Crippen LogP contribution in [-0.4, -0.2) is 68.3 Å². The molecule has 0 bridgehead atoms. The van der Waals surface area contributed by atoms with Crippen molar-refractivity contribution in [2.75, 3.05) is 12.4 Å². The number of hydrogen-bond donors (Lipinski definition) is 2. The van der Waals surface area contributed by atoms with Crippen molar-refractivity contribution in [1.82, 2.24) is 10.2 Å². The molecule has 2 atom stereocenters. The Hall–Kier alpha value is -3.46. The summed E-state index contributed by atoms with van der Waals surface area (Å²) < 4.78 is 65.0. The third kappa shape index (κ3) is 5.12. The van der Waals surface area contributed by atoms with Gasteiger partial charge in [-0.25, -0.2) is 8.42 Å². The van der Waals surface area contributed by atoms with Crippen LogP contribution in [0.25, 0.3) is 0 Å². The van der Waals surface area contributed by atoms with Crippen molar-refractivity contribution < 1.29 is 45.3 Å². The summed E-state index contributed by atoms with van der Waals surface area (Å²) in [6.07, 6.45) is -1.06. The fourth-order valence-electron chi connectivity index (χ4n) is 4.50. The van der Waals surface area contributed by atoms with Gasteiger partial charge in [-0.15, -0.1) is 0 Å². The molecule has 2 aliphatic heterocycles. The van der Waals surface area contributed by atoms with Crippen LogP contribution in [0.5, 0.6) is 0 Å². The predicted molar refractivity (Wildman–Crippen MR) is 131 cm³/mol. The number of piperidine rings is 1. The maximum absolute atomic E-state index is 13.2. The summed E-state index contributed by atoms with van der Waals surface area (Å²) in [6, 6.07) is 6.74. The fourth-order valence-corrected chi connectivity index (χ4v) is 6.59. The van der Waals surface area contributed by atoms with Gasteiger partial charge in [0.25, 0.3) is 21.9 Å². The summed E-state index contributed by atoms with van der Waals surface area (Å²) >= 11 is 0. The van der Waals surface area contributed by atoms with Gasteiger partial charge in [0.2, 0.25) is 11.8 Å². The Morgan fingerprint density at radius 2 is 1.76 bits per heavy atom. The highest BCUT2D eigenvalue weighted by Crippen LogP contribution is 2.33. The van der Waals surface area contributed by atoms with Gasteiger partial charge in [0, 0.05) is 12.0 Å². The van der Waals surface area contributed by atoms with E-state index in [2.05, 4.69) is 5.32 Å². The third-order valence-electron chi connectivity index (χ3n) is 6.37. The Morgan fingerprint density at radius 3 is 2.42 bits per heavy atom. The summed E-state index contributed by atoms with van der Waals surface area (Å²) in [5, 5.41) is 2.08. The van der Waals surface area contributed by atoms with Gasteiger partial charge in [0.15, 0.2) is 9.84 Å². The molecule has 2 unspecified atom stereocenters. The van der Waals surface area contributed by atoms with Gasteiger partial charge in [-0.05, 0) is 38.5 Å². The van der Waals surface area contributed by atoms with E-state index in [4.69, 9.17) is 4.74 Å². The summed E-state index contributed by atoms with van der Waals surface area (Å²) in [5.41, 5.74) is 0.306. The van der Waals surface area contributed by atoms with E-state index in [1.54, 1.807) is 6.92 Å². The number of imide groups is 2. The number of sulfone groups is 1. The molecule has 0 radical (unpaired) electrons. The lowest BCUT2D eigenvalue weighted by Crippen LogP contribution is -2.54. The van der Waals surface area contributed by atoms with Gasteiger partial charge in [-0.3, -0.25) is 33.9 Å². The van der Waals surface area contributed by atoms with Crippen LogP contribution < -0.4 is 5.32 Å². The molecule has 2 aliphatic rings. The number of hydrogen-bond acceptors (Lipinski definition) is 9. The minimum Gasteiger partial charge on any atom is -0.373 e. The lowest BCUT2D eigenvalue weighted by atomic mass is 10.0. The van der Waals surface area contributed by atoms with Crippen LogP contribution in [-0.2, 0) is 34.3 Å². The summed E-state index contributed by atoms with van der Waals surface area (Å²) in [7, 11) is -8.74. The maximum atomic E-state index is 13.2. The molecule has 2 aromatic rings. The Kier molecular flexibility index (Phi) is 7.27. The molecular weight excluding hydrogens is 540 g/mol. The van der Waals surface area contributed by atoms with Crippen molar-refractivity contribution in [3.8, 4) is 0 Å². The van der Waals surface area contributed by atoms with Crippen molar-refractivity contribution in [3.05, 3.63) is 58.7 Å². The SMILES string of the molecule is Cc1ccc(S(=O)(=O)O)c(C(C)OCCS(=O)(=O)c2cccc3c2C(=O)N(C2CCC(=O)NC2=O)C3=O)c1. The second-order valence-corrected chi connectivity index (χ2v) is 12.4. The van der Waals surface area contributed by atoms with E-state index < -0.39 is 73.0 Å². The lowest BCUT2D eigenvalue weighted by molar-refractivity contribution is -0.136. The minimum atomic E-state index is -4.55. The molecule has 2 N–H and O–H groups in total. The van der Waals surface area contributed by atoms with Crippen LogP contribution in [0.4, 0.5) is 0 Å². The predicted octanol–water partition coefficient (Wildman–Crippen LogP) is 1.19. The second-order valence-electron chi connectivity index (χ2n) is 8.97. The van der Waals surface area contributed by atoms with Gasteiger partial charge in [-0.1, -0.05) is 23.8 Å². The van der Waals surface area contributed by atoms with E-state index in [-0.39, 0.29) is 34.4 Å². The molecule has 2 aromatic carbocycles. The smallest absolute Gasteiger partial charge is 0.294 e. The maximum Gasteiger partial charge on any atom is 0.294 e. The number of fused-ring (bicyclic) bond motifs is 1. The van der Waals surface area contributed by atoms with Crippen molar-refractivity contribution in [1.29, 1.82) is 0 Å². The molecule has 4 rings (SSSR count). The Labute approximate surface area is 218 Å². The van der Waals surface area contributed by atoms with Gasteiger partial charge >= 0.3 is 0 Å². The van der Waals surface area contributed by atoms with Crippen LogP contribution in [0.2, 0.25) is 0 Å². The first-order chi connectivity index (χ1) is 17.7. The first kappa shape index (κ1) is 27.6. The Bertz CT molecular complexity index is 1580. The van der Waals surface area contributed by atoms with Crippen LogP contribution in [0.3, 0.4) is 0 Å². The number of carbonyl (C=O) groups is 4. The van der Waals surface area contributed by atoms with Gasteiger partial charge < -0.3 is 4.74 Å².